The van der Waals surface area contributed by atoms with Crippen molar-refractivity contribution in [1.29, 1.82) is 0 Å². The first kappa shape index (κ1) is 8.79. The first-order valence-corrected chi connectivity index (χ1v) is 5.17. The molecule has 2 rings (SSSR count). The lowest BCUT2D eigenvalue weighted by Crippen LogP contribution is -2.42. The molecule has 2 aliphatic heterocycles. The molecule has 4 atom stereocenters. The summed E-state index contributed by atoms with van der Waals surface area (Å²) in [6.07, 6.45) is 2.78. The van der Waals surface area contributed by atoms with Gasteiger partial charge in [0, 0.05) is 12.6 Å². The molecule has 0 amide bonds. The van der Waals surface area contributed by atoms with Crippen molar-refractivity contribution in [2.24, 2.45) is 5.92 Å². The smallest absolute Gasteiger partial charge is 0.172 e. The van der Waals surface area contributed by atoms with Crippen molar-refractivity contribution in [2.75, 3.05) is 6.54 Å². The van der Waals surface area contributed by atoms with Gasteiger partial charge in [-0.25, -0.2) is 0 Å². The molecule has 0 aromatic carbocycles. The predicted molar refractivity (Wildman–Crippen MR) is 49.1 cm³/mol. The average Bonchev–Trinajstić information content (AvgIpc) is 2.66. The zero-order valence-electron chi connectivity index (χ0n) is 7.66. The van der Waals surface area contributed by atoms with Crippen LogP contribution in [0, 0.1) is 5.92 Å². The van der Waals surface area contributed by atoms with Gasteiger partial charge in [-0.3, -0.25) is 4.90 Å². The van der Waals surface area contributed by atoms with Crippen molar-refractivity contribution >= 4 is 11.6 Å². The van der Waals surface area contributed by atoms with E-state index in [9.17, 15) is 0 Å². The van der Waals surface area contributed by atoms with Gasteiger partial charge in [0.15, 0.2) is 11.8 Å². The third-order valence-corrected chi connectivity index (χ3v) is 3.25. The van der Waals surface area contributed by atoms with Crippen LogP contribution in [0.2, 0.25) is 0 Å². The SMILES string of the molecule is CC1CCN(C2OC2Cl)C(C)C1. The first-order valence-electron chi connectivity index (χ1n) is 4.74. The number of nitrogens with zero attached hydrogens (tertiary/aromatic N) is 1. The largest absolute Gasteiger partial charge is 0.336 e. The third-order valence-electron chi connectivity index (χ3n) is 2.93. The van der Waals surface area contributed by atoms with Gasteiger partial charge < -0.3 is 4.74 Å². The average molecular weight is 190 g/mol. The Hall–Kier alpha value is 0.210. The molecule has 2 saturated heterocycles. The van der Waals surface area contributed by atoms with Crippen molar-refractivity contribution < 1.29 is 4.74 Å². The molecule has 2 heterocycles. The van der Waals surface area contributed by atoms with Crippen LogP contribution in [0.5, 0.6) is 0 Å². The molecule has 4 unspecified atom stereocenters. The Balaban J connectivity index is 1.90. The summed E-state index contributed by atoms with van der Waals surface area (Å²) < 4.78 is 5.25. The number of rotatable bonds is 1. The fraction of sp³-hybridized carbons (Fsp3) is 1.00. The molecule has 2 nitrogen and oxygen atoms in total. The molecular formula is C9H16ClNO. The van der Waals surface area contributed by atoms with E-state index in [4.69, 9.17) is 16.3 Å². The zero-order chi connectivity index (χ0) is 8.72. The number of epoxide rings is 1. The molecule has 2 fully saturated rings. The number of ether oxygens (including phenoxy) is 1. The maximum absolute atomic E-state index is 5.82. The quantitative estimate of drug-likeness (QED) is 0.464. The Kier molecular flexibility index (Phi) is 2.32. The highest BCUT2D eigenvalue weighted by atomic mass is 35.5. The van der Waals surface area contributed by atoms with Crippen molar-refractivity contribution in [3.05, 3.63) is 0 Å². The van der Waals surface area contributed by atoms with Crippen LogP contribution in [-0.4, -0.2) is 29.3 Å². The van der Waals surface area contributed by atoms with Crippen molar-refractivity contribution in [2.45, 2.75) is 44.5 Å². The van der Waals surface area contributed by atoms with Crippen LogP contribution < -0.4 is 0 Å². The van der Waals surface area contributed by atoms with Crippen LogP contribution in [0.15, 0.2) is 0 Å². The van der Waals surface area contributed by atoms with Crippen molar-refractivity contribution in [1.82, 2.24) is 4.90 Å². The second kappa shape index (κ2) is 3.17. The summed E-state index contributed by atoms with van der Waals surface area (Å²) in [7, 11) is 0. The molecule has 0 bridgehead atoms. The molecule has 0 saturated carbocycles. The summed E-state index contributed by atoms with van der Waals surface area (Å²) in [5, 5.41) is 0. The summed E-state index contributed by atoms with van der Waals surface area (Å²) in [6.45, 7) is 5.73. The zero-order valence-corrected chi connectivity index (χ0v) is 8.42. The van der Waals surface area contributed by atoms with Gasteiger partial charge in [0.2, 0.25) is 0 Å². The van der Waals surface area contributed by atoms with Gasteiger partial charge in [-0.15, -0.1) is 0 Å². The minimum atomic E-state index is -0.0409. The second-order valence-corrected chi connectivity index (χ2v) is 4.52. The maximum atomic E-state index is 5.82. The van der Waals surface area contributed by atoms with Crippen molar-refractivity contribution in [3.63, 3.8) is 0 Å². The van der Waals surface area contributed by atoms with Gasteiger partial charge in [0.05, 0.1) is 0 Å². The third kappa shape index (κ3) is 1.61. The minimum Gasteiger partial charge on any atom is -0.336 e. The van der Waals surface area contributed by atoms with Gasteiger partial charge in [-0.05, 0) is 25.7 Å². The predicted octanol–water partition coefficient (Wildman–Crippen LogP) is 2.03. The van der Waals surface area contributed by atoms with E-state index in [-0.39, 0.29) is 11.8 Å². The molecule has 0 N–H and O–H groups in total. The summed E-state index contributed by atoms with van der Waals surface area (Å²) in [4.78, 5) is 2.39. The lowest BCUT2D eigenvalue weighted by molar-refractivity contribution is 0.0775. The fourth-order valence-corrected chi connectivity index (χ4v) is 2.37. The van der Waals surface area contributed by atoms with Crippen LogP contribution in [0.1, 0.15) is 26.7 Å². The number of piperidine rings is 1. The molecule has 70 valence electrons. The van der Waals surface area contributed by atoms with Crippen LogP contribution in [0.25, 0.3) is 0 Å². The first-order chi connectivity index (χ1) is 5.68. The van der Waals surface area contributed by atoms with E-state index in [0.717, 1.165) is 12.5 Å². The monoisotopic (exact) mass is 189 g/mol. The number of likely N-dealkylation sites (tertiary alicyclic amines) is 1. The Morgan fingerprint density at radius 2 is 2.08 bits per heavy atom. The van der Waals surface area contributed by atoms with Gasteiger partial charge in [-0.2, -0.15) is 0 Å². The van der Waals surface area contributed by atoms with Gasteiger partial charge in [0.1, 0.15) is 0 Å². The maximum Gasteiger partial charge on any atom is 0.172 e. The van der Waals surface area contributed by atoms with Crippen molar-refractivity contribution in [3.8, 4) is 0 Å². The van der Waals surface area contributed by atoms with E-state index >= 15 is 0 Å². The molecule has 0 aliphatic carbocycles. The number of hydrogen-bond acceptors (Lipinski definition) is 2. The molecule has 3 heteroatoms. The number of alkyl halides is 1. The molecule has 0 aromatic heterocycles. The van der Waals surface area contributed by atoms with E-state index in [1.165, 1.54) is 12.8 Å². The minimum absolute atomic E-state index is 0.0409. The Labute approximate surface area is 78.8 Å². The van der Waals surface area contributed by atoms with Crippen LogP contribution >= 0.6 is 11.6 Å². The Morgan fingerprint density at radius 3 is 2.58 bits per heavy atom. The molecule has 0 radical (unpaired) electrons. The lowest BCUT2D eigenvalue weighted by Gasteiger charge is -2.35. The van der Waals surface area contributed by atoms with Gasteiger partial charge in [-0.1, -0.05) is 18.5 Å². The van der Waals surface area contributed by atoms with E-state index in [0.29, 0.717) is 6.04 Å². The highest BCUT2D eigenvalue weighted by Gasteiger charge is 2.45. The van der Waals surface area contributed by atoms with Gasteiger partial charge >= 0.3 is 0 Å². The van der Waals surface area contributed by atoms with E-state index in [1.54, 1.807) is 0 Å². The number of halogens is 1. The summed E-state index contributed by atoms with van der Waals surface area (Å²) in [5.41, 5.74) is -0.0409. The highest BCUT2D eigenvalue weighted by Crippen LogP contribution is 2.35. The topological polar surface area (TPSA) is 15.8 Å². The standard InChI is InChI=1S/C9H16ClNO/c1-6-3-4-11(7(2)5-6)9-8(10)12-9/h6-9H,3-5H2,1-2H3. The van der Waals surface area contributed by atoms with Crippen LogP contribution in [0.4, 0.5) is 0 Å². The lowest BCUT2D eigenvalue weighted by atomic mass is 9.93. The summed E-state index contributed by atoms with van der Waals surface area (Å²) in [5.74, 6) is 0.865. The molecule has 12 heavy (non-hydrogen) atoms. The van der Waals surface area contributed by atoms with E-state index in [1.807, 2.05) is 0 Å². The fourth-order valence-electron chi connectivity index (χ4n) is 2.12. The summed E-state index contributed by atoms with van der Waals surface area (Å²) in [6, 6.07) is 0.641. The summed E-state index contributed by atoms with van der Waals surface area (Å²) >= 11 is 5.82. The van der Waals surface area contributed by atoms with Gasteiger partial charge in [0.25, 0.3) is 0 Å². The Morgan fingerprint density at radius 1 is 1.42 bits per heavy atom. The second-order valence-electron chi connectivity index (χ2n) is 4.09. The normalized spacial score (nSPS) is 49.2. The molecule has 0 spiro atoms. The van der Waals surface area contributed by atoms with Crippen LogP contribution in [0.3, 0.4) is 0 Å². The number of hydrogen-bond donors (Lipinski definition) is 0. The molecule has 2 aliphatic rings. The highest BCUT2D eigenvalue weighted by molar-refractivity contribution is 6.21. The van der Waals surface area contributed by atoms with E-state index < -0.39 is 0 Å². The molecule has 0 aromatic rings. The van der Waals surface area contributed by atoms with E-state index in [2.05, 4.69) is 18.7 Å². The Bertz CT molecular complexity index is 176. The van der Waals surface area contributed by atoms with Crippen LogP contribution in [-0.2, 0) is 4.74 Å². The molecular weight excluding hydrogens is 174 g/mol.